The number of nitrogens with zero attached hydrogens (tertiary/aromatic N) is 1. The van der Waals surface area contributed by atoms with Crippen LogP contribution in [0.25, 0.3) is 0 Å². The van der Waals surface area contributed by atoms with Gasteiger partial charge in [-0.3, -0.25) is 14.5 Å². The lowest BCUT2D eigenvalue weighted by Crippen LogP contribution is -2.41. The monoisotopic (exact) mass is 199 g/mol. The third kappa shape index (κ3) is 3.13. The number of carbonyl (C=O) groups excluding carboxylic acids is 2. The first-order valence-corrected chi connectivity index (χ1v) is 5.23. The summed E-state index contributed by atoms with van der Waals surface area (Å²) in [5.74, 6) is 0.198. The highest BCUT2D eigenvalue weighted by atomic mass is 16.2. The smallest absolute Gasteiger partial charge is 0.232 e. The molecule has 0 radical (unpaired) electrons. The van der Waals surface area contributed by atoms with Gasteiger partial charge in [0.2, 0.25) is 12.3 Å². The summed E-state index contributed by atoms with van der Waals surface area (Å²) in [4.78, 5) is 23.9. The van der Waals surface area contributed by atoms with E-state index >= 15 is 0 Å². The highest BCUT2D eigenvalue weighted by Gasteiger charge is 2.26. The van der Waals surface area contributed by atoms with Crippen LogP contribution in [0.1, 0.15) is 41.0 Å². The third-order valence-corrected chi connectivity index (χ3v) is 2.49. The summed E-state index contributed by atoms with van der Waals surface area (Å²) in [6, 6.07) is -0.0483. The summed E-state index contributed by atoms with van der Waals surface area (Å²) in [6.07, 6.45) is 1.42. The summed E-state index contributed by atoms with van der Waals surface area (Å²) < 4.78 is 0. The fourth-order valence-electron chi connectivity index (χ4n) is 1.55. The van der Waals surface area contributed by atoms with E-state index in [2.05, 4.69) is 0 Å². The van der Waals surface area contributed by atoms with Crippen LogP contribution in [0.15, 0.2) is 0 Å². The predicted octanol–water partition coefficient (Wildman–Crippen LogP) is 2.06. The van der Waals surface area contributed by atoms with Crippen LogP contribution in [-0.2, 0) is 9.59 Å². The zero-order valence-corrected chi connectivity index (χ0v) is 9.78. The molecule has 0 aromatic carbocycles. The Morgan fingerprint density at radius 1 is 1.29 bits per heavy atom. The molecule has 2 amide bonds. The number of carbonyl (C=O) groups is 2. The van der Waals surface area contributed by atoms with Gasteiger partial charge >= 0.3 is 0 Å². The van der Waals surface area contributed by atoms with Crippen LogP contribution in [0.3, 0.4) is 0 Å². The molecule has 82 valence electrons. The first-order valence-electron chi connectivity index (χ1n) is 5.23. The standard InChI is InChI=1S/C11H21NO2/c1-6-10(8(2)3)11(14)12(7-13)9(4)5/h7-10H,6H2,1-5H3. The topological polar surface area (TPSA) is 37.4 Å². The van der Waals surface area contributed by atoms with Crippen molar-refractivity contribution in [3.63, 3.8) is 0 Å². The Balaban J connectivity index is 4.62. The minimum absolute atomic E-state index is 0.0393. The van der Waals surface area contributed by atoms with E-state index in [0.29, 0.717) is 6.41 Å². The molecule has 0 rings (SSSR count). The molecule has 0 heterocycles. The highest BCUT2D eigenvalue weighted by molar-refractivity contribution is 5.88. The number of hydrogen-bond acceptors (Lipinski definition) is 2. The van der Waals surface area contributed by atoms with E-state index in [9.17, 15) is 9.59 Å². The molecular formula is C11H21NO2. The normalized spacial score (nSPS) is 13.1. The van der Waals surface area contributed by atoms with E-state index in [4.69, 9.17) is 0 Å². The second-order valence-corrected chi connectivity index (χ2v) is 4.20. The van der Waals surface area contributed by atoms with Gasteiger partial charge in [-0.1, -0.05) is 20.8 Å². The first kappa shape index (κ1) is 13.1. The molecule has 1 atom stereocenters. The van der Waals surface area contributed by atoms with Gasteiger partial charge in [-0.2, -0.15) is 0 Å². The third-order valence-electron chi connectivity index (χ3n) is 2.49. The average Bonchev–Trinajstić information content (AvgIpc) is 2.04. The summed E-state index contributed by atoms with van der Waals surface area (Å²) in [5, 5.41) is 0. The minimum Gasteiger partial charge on any atom is -0.282 e. The molecule has 0 aliphatic heterocycles. The van der Waals surface area contributed by atoms with Crippen LogP contribution < -0.4 is 0 Å². The van der Waals surface area contributed by atoms with E-state index in [1.165, 1.54) is 4.90 Å². The molecule has 0 saturated heterocycles. The van der Waals surface area contributed by atoms with Crippen molar-refractivity contribution < 1.29 is 9.59 Å². The zero-order valence-electron chi connectivity index (χ0n) is 9.78. The van der Waals surface area contributed by atoms with Gasteiger partial charge in [0.25, 0.3) is 0 Å². The maximum atomic E-state index is 11.9. The molecule has 14 heavy (non-hydrogen) atoms. The van der Waals surface area contributed by atoms with Crippen LogP contribution in [-0.4, -0.2) is 23.3 Å². The molecular weight excluding hydrogens is 178 g/mol. The quantitative estimate of drug-likeness (QED) is 0.636. The van der Waals surface area contributed by atoms with Crippen LogP contribution in [0.2, 0.25) is 0 Å². The second kappa shape index (κ2) is 5.78. The van der Waals surface area contributed by atoms with Gasteiger partial charge in [-0.25, -0.2) is 0 Å². The van der Waals surface area contributed by atoms with Crippen molar-refractivity contribution in [2.24, 2.45) is 11.8 Å². The Morgan fingerprint density at radius 2 is 1.79 bits per heavy atom. The number of rotatable bonds is 5. The van der Waals surface area contributed by atoms with E-state index in [0.717, 1.165) is 6.42 Å². The van der Waals surface area contributed by atoms with Crippen LogP contribution in [0, 0.1) is 11.8 Å². The lowest BCUT2D eigenvalue weighted by Gasteiger charge is -2.26. The molecule has 0 saturated carbocycles. The van der Waals surface area contributed by atoms with Crippen molar-refractivity contribution >= 4 is 12.3 Å². The maximum Gasteiger partial charge on any atom is 0.232 e. The first-order chi connectivity index (χ1) is 6.45. The fourth-order valence-corrected chi connectivity index (χ4v) is 1.55. The van der Waals surface area contributed by atoms with E-state index in [-0.39, 0.29) is 23.8 Å². The van der Waals surface area contributed by atoms with Crippen molar-refractivity contribution in [3.05, 3.63) is 0 Å². The van der Waals surface area contributed by atoms with Gasteiger partial charge in [-0.15, -0.1) is 0 Å². The van der Waals surface area contributed by atoms with Crippen molar-refractivity contribution in [2.75, 3.05) is 0 Å². The van der Waals surface area contributed by atoms with Gasteiger partial charge in [0.15, 0.2) is 0 Å². The minimum atomic E-state index is -0.0486. The van der Waals surface area contributed by atoms with E-state index in [1.807, 2.05) is 34.6 Å². The molecule has 0 aromatic rings. The lowest BCUT2D eigenvalue weighted by atomic mass is 9.91. The Bertz CT molecular complexity index is 199. The van der Waals surface area contributed by atoms with E-state index in [1.54, 1.807) is 0 Å². The molecule has 3 nitrogen and oxygen atoms in total. The van der Waals surface area contributed by atoms with E-state index < -0.39 is 0 Å². The van der Waals surface area contributed by atoms with Crippen molar-refractivity contribution in [1.29, 1.82) is 0 Å². The largest absolute Gasteiger partial charge is 0.282 e. The van der Waals surface area contributed by atoms with Crippen LogP contribution in [0.5, 0.6) is 0 Å². The molecule has 1 unspecified atom stereocenters. The highest BCUT2D eigenvalue weighted by Crippen LogP contribution is 2.18. The molecule has 0 spiro atoms. The Labute approximate surface area is 86.5 Å². The van der Waals surface area contributed by atoms with Crippen LogP contribution in [0.4, 0.5) is 0 Å². The maximum absolute atomic E-state index is 11.9. The summed E-state index contributed by atoms with van der Waals surface area (Å²) in [7, 11) is 0. The Morgan fingerprint density at radius 3 is 2.00 bits per heavy atom. The average molecular weight is 199 g/mol. The number of amides is 2. The molecule has 0 aromatic heterocycles. The lowest BCUT2D eigenvalue weighted by molar-refractivity contribution is -0.144. The summed E-state index contributed by atoms with van der Waals surface area (Å²) in [6.45, 7) is 9.69. The van der Waals surface area contributed by atoms with Crippen molar-refractivity contribution in [3.8, 4) is 0 Å². The predicted molar refractivity (Wildman–Crippen MR) is 56.7 cm³/mol. The second-order valence-electron chi connectivity index (χ2n) is 4.20. The number of imide groups is 1. The molecule has 3 heteroatoms. The molecule has 0 N–H and O–H groups in total. The van der Waals surface area contributed by atoms with Crippen molar-refractivity contribution in [1.82, 2.24) is 4.90 Å². The summed E-state index contributed by atoms with van der Waals surface area (Å²) in [5.41, 5.74) is 0. The molecule has 0 fully saturated rings. The molecule has 0 aliphatic carbocycles. The summed E-state index contributed by atoms with van der Waals surface area (Å²) >= 11 is 0. The van der Waals surface area contributed by atoms with Gasteiger partial charge in [0, 0.05) is 12.0 Å². The van der Waals surface area contributed by atoms with Crippen LogP contribution >= 0.6 is 0 Å². The SMILES string of the molecule is CCC(C(=O)N(C=O)C(C)C)C(C)C. The Hall–Kier alpha value is -0.860. The van der Waals surface area contributed by atoms with Gasteiger partial charge < -0.3 is 0 Å². The molecule has 0 bridgehead atoms. The fraction of sp³-hybridized carbons (Fsp3) is 0.818. The van der Waals surface area contributed by atoms with Gasteiger partial charge in [0.1, 0.15) is 0 Å². The zero-order chi connectivity index (χ0) is 11.3. The molecule has 0 aliphatic rings. The Kier molecular flexibility index (Phi) is 5.43. The van der Waals surface area contributed by atoms with Gasteiger partial charge in [-0.05, 0) is 26.2 Å². The van der Waals surface area contributed by atoms with Crippen molar-refractivity contribution in [2.45, 2.75) is 47.1 Å². The number of hydrogen-bond donors (Lipinski definition) is 0. The van der Waals surface area contributed by atoms with Gasteiger partial charge in [0.05, 0.1) is 0 Å².